The Balaban J connectivity index is 0.000000691. The Labute approximate surface area is 201 Å². The zero-order valence-electron chi connectivity index (χ0n) is 19.4. The molecule has 0 spiro atoms. The Morgan fingerprint density at radius 1 is 0.886 bits per heavy atom. The molecular formula is C17H28F6N2O7S2Si. The maximum absolute atomic E-state index is 11.4. The van der Waals surface area contributed by atoms with Crippen molar-refractivity contribution in [1.82, 2.24) is 0 Å². The van der Waals surface area contributed by atoms with Crippen molar-refractivity contribution in [2.45, 2.75) is 57.7 Å². The van der Waals surface area contributed by atoms with Gasteiger partial charge in [0.2, 0.25) is 0 Å². The standard InChI is InChI=1S/C15H28NO3Si.C2F6NO4S2/c1-5-17-20(18-6-2,19-7-3)13-9-12-16-11-8-10-15(4)14-16;3-1(4,5)14(10,11)9-15(12,13)2(6,7)8/h8,10-11,14H,5-7,9,12-13H2,1-4H3;/q+1;-1. The summed E-state index contributed by atoms with van der Waals surface area (Å²) in [7, 11) is -15.9. The fraction of sp³-hybridized carbons (Fsp3) is 0.706. The number of alkyl halides is 6. The van der Waals surface area contributed by atoms with Gasteiger partial charge in [0.1, 0.15) is 6.54 Å². The Hall–Kier alpha value is -1.31. The molecule has 0 saturated carbocycles. The summed E-state index contributed by atoms with van der Waals surface area (Å²) in [6.45, 7) is 11.0. The van der Waals surface area contributed by atoms with E-state index in [1.807, 2.05) is 20.8 Å². The molecule has 0 saturated heterocycles. The molecule has 1 aromatic heterocycles. The summed E-state index contributed by atoms with van der Waals surface area (Å²) < 4.78 is 129. The van der Waals surface area contributed by atoms with Crippen LogP contribution in [0, 0.1) is 6.92 Å². The van der Waals surface area contributed by atoms with Crippen LogP contribution in [0.2, 0.25) is 6.04 Å². The first kappa shape index (κ1) is 33.7. The molecule has 0 unspecified atom stereocenters. The van der Waals surface area contributed by atoms with Gasteiger partial charge in [-0.2, -0.15) is 26.3 Å². The van der Waals surface area contributed by atoms with Gasteiger partial charge >= 0.3 is 19.8 Å². The number of pyridine rings is 1. The van der Waals surface area contributed by atoms with E-state index in [2.05, 4.69) is 36.0 Å². The molecule has 18 heteroatoms. The first-order chi connectivity index (χ1) is 15.9. The van der Waals surface area contributed by atoms with Gasteiger partial charge in [0, 0.05) is 43.9 Å². The van der Waals surface area contributed by atoms with Crippen LogP contribution in [0.15, 0.2) is 24.5 Å². The van der Waals surface area contributed by atoms with E-state index in [0.29, 0.717) is 19.8 Å². The van der Waals surface area contributed by atoms with Gasteiger partial charge in [-0.15, -0.1) is 0 Å². The van der Waals surface area contributed by atoms with Gasteiger partial charge in [-0.1, -0.05) is 0 Å². The van der Waals surface area contributed by atoms with Crippen LogP contribution in [0.25, 0.3) is 4.13 Å². The van der Waals surface area contributed by atoms with E-state index in [-0.39, 0.29) is 0 Å². The van der Waals surface area contributed by atoms with Crippen molar-refractivity contribution in [2.24, 2.45) is 0 Å². The van der Waals surface area contributed by atoms with Crippen molar-refractivity contribution in [3.63, 3.8) is 0 Å². The predicted octanol–water partition coefficient (Wildman–Crippen LogP) is 3.78. The minimum Gasteiger partial charge on any atom is -0.421 e. The van der Waals surface area contributed by atoms with Crippen molar-refractivity contribution in [2.75, 3.05) is 19.8 Å². The first-order valence-corrected chi connectivity index (χ1v) is 14.9. The Morgan fingerprint density at radius 3 is 1.66 bits per heavy atom. The minimum atomic E-state index is -6.72. The lowest BCUT2D eigenvalue weighted by molar-refractivity contribution is -0.697. The molecule has 0 radical (unpaired) electrons. The summed E-state index contributed by atoms with van der Waals surface area (Å²) in [6, 6.07) is 5.05. The minimum absolute atomic E-state index is 0.643. The average molecular weight is 579 g/mol. The molecule has 0 aliphatic heterocycles. The quantitative estimate of drug-likeness (QED) is 0.211. The van der Waals surface area contributed by atoms with Gasteiger partial charge < -0.3 is 17.4 Å². The summed E-state index contributed by atoms with van der Waals surface area (Å²) in [5.74, 6) is 0. The highest BCUT2D eigenvalue weighted by molar-refractivity contribution is 8.13. The van der Waals surface area contributed by atoms with E-state index in [9.17, 15) is 43.2 Å². The number of halogens is 6. The second-order valence-electron chi connectivity index (χ2n) is 6.62. The molecule has 9 nitrogen and oxygen atoms in total. The second kappa shape index (κ2) is 13.8. The fourth-order valence-corrected chi connectivity index (χ4v) is 6.79. The summed E-state index contributed by atoms with van der Waals surface area (Å²) >= 11 is 0. The van der Waals surface area contributed by atoms with Crippen LogP contribution in [0.4, 0.5) is 26.3 Å². The highest BCUT2D eigenvalue weighted by atomic mass is 32.3. The topological polar surface area (TPSA) is 114 Å². The molecule has 0 bridgehead atoms. The molecular weight excluding hydrogens is 550 g/mol. The number of hydrogen-bond donors (Lipinski definition) is 0. The van der Waals surface area contributed by atoms with Gasteiger partial charge in [0.15, 0.2) is 32.4 Å². The van der Waals surface area contributed by atoms with Gasteiger partial charge in [-0.05, 0) is 33.8 Å². The molecule has 0 amide bonds. The highest BCUT2D eigenvalue weighted by Gasteiger charge is 2.47. The first-order valence-electron chi connectivity index (χ1n) is 10.1. The van der Waals surface area contributed by atoms with E-state index in [0.717, 1.165) is 23.1 Å². The molecule has 0 fully saturated rings. The number of sulfonamides is 2. The molecule has 0 aromatic carbocycles. The van der Waals surface area contributed by atoms with E-state index in [1.54, 1.807) is 0 Å². The molecule has 0 N–H and O–H groups in total. The highest BCUT2D eigenvalue weighted by Crippen LogP contribution is 2.36. The largest absolute Gasteiger partial charge is 0.501 e. The molecule has 0 aliphatic rings. The average Bonchev–Trinajstić information content (AvgIpc) is 2.67. The fourth-order valence-electron chi connectivity index (χ4n) is 2.49. The zero-order valence-corrected chi connectivity index (χ0v) is 22.0. The number of nitrogens with zero attached hydrogens (tertiary/aromatic N) is 2. The third kappa shape index (κ3) is 11.5. The molecule has 1 heterocycles. The van der Waals surface area contributed by atoms with Gasteiger partial charge in [-0.25, -0.2) is 21.4 Å². The second-order valence-corrected chi connectivity index (χ2v) is 12.8. The lowest BCUT2D eigenvalue weighted by Gasteiger charge is -2.28. The molecule has 0 atom stereocenters. The van der Waals surface area contributed by atoms with Gasteiger partial charge in [0.25, 0.3) is 0 Å². The van der Waals surface area contributed by atoms with Crippen LogP contribution < -0.4 is 4.57 Å². The van der Waals surface area contributed by atoms with Crippen LogP contribution in [-0.2, 0) is 39.9 Å². The normalized spacial score (nSPS) is 13.3. The van der Waals surface area contributed by atoms with Crippen LogP contribution >= 0.6 is 0 Å². The van der Waals surface area contributed by atoms with E-state index in [1.165, 1.54) is 5.56 Å². The van der Waals surface area contributed by atoms with E-state index < -0.39 is 39.9 Å². The molecule has 1 rings (SSSR count). The smallest absolute Gasteiger partial charge is 0.421 e. The number of hydrogen-bond acceptors (Lipinski definition) is 7. The van der Waals surface area contributed by atoms with Crippen molar-refractivity contribution in [3.8, 4) is 0 Å². The Kier molecular flexibility index (Phi) is 13.3. The summed E-state index contributed by atoms with van der Waals surface area (Å²) in [5.41, 5.74) is -11.1. The zero-order chi connectivity index (χ0) is 27.6. The van der Waals surface area contributed by atoms with E-state index >= 15 is 0 Å². The Morgan fingerprint density at radius 2 is 1.31 bits per heavy atom. The third-order valence-electron chi connectivity index (χ3n) is 3.78. The number of rotatable bonds is 12. The van der Waals surface area contributed by atoms with Crippen LogP contribution in [0.1, 0.15) is 32.8 Å². The van der Waals surface area contributed by atoms with Crippen LogP contribution in [0.3, 0.4) is 0 Å². The van der Waals surface area contributed by atoms with Crippen molar-refractivity contribution in [1.29, 1.82) is 0 Å². The lowest BCUT2D eigenvalue weighted by Crippen LogP contribution is -2.46. The van der Waals surface area contributed by atoms with Crippen molar-refractivity contribution >= 4 is 28.9 Å². The lowest BCUT2D eigenvalue weighted by atomic mass is 10.3. The summed E-state index contributed by atoms with van der Waals surface area (Å²) in [5, 5.41) is 0. The van der Waals surface area contributed by atoms with Crippen LogP contribution in [0.5, 0.6) is 0 Å². The molecule has 0 aliphatic carbocycles. The maximum Gasteiger partial charge on any atom is 0.501 e. The number of aryl methyl sites for hydroxylation is 2. The summed E-state index contributed by atoms with van der Waals surface area (Å²) in [4.78, 5) is 0. The summed E-state index contributed by atoms with van der Waals surface area (Å²) in [6.07, 6.45) is 5.25. The van der Waals surface area contributed by atoms with Crippen LogP contribution in [-0.4, -0.2) is 56.5 Å². The number of aromatic nitrogens is 1. The van der Waals surface area contributed by atoms with Crippen molar-refractivity contribution in [3.05, 3.63) is 34.2 Å². The van der Waals surface area contributed by atoms with Gasteiger partial charge in [-0.3, -0.25) is 0 Å². The third-order valence-corrected chi connectivity index (χ3v) is 9.67. The van der Waals surface area contributed by atoms with Crippen molar-refractivity contribution < 1.29 is 61.0 Å². The van der Waals surface area contributed by atoms with E-state index in [4.69, 9.17) is 13.3 Å². The Bertz CT molecular complexity index is 930. The monoisotopic (exact) mass is 578 g/mol. The van der Waals surface area contributed by atoms with Gasteiger partial charge in [0.05, 0.1) is 0 Å². The SMILES string of the molecule is CCO[Si](CCC[n+]1cccc(C)c1)(OCC)OCC.O=S(=O)([N-]S(=O)(=O)C(F)(F)F)C(F)(F)F. The molecule has 206 valence electrons. The molecule has 35 heavy (non-hydrogen) atoms. The molecule has 1 aromatic rings. The maximum atomic E-state index is 11.4. The predicted molar refractivity (Wildman–Crippen MR) is 115 cm³/mol.